The zero-order chi connectivity index (χ0) is 14.4. The molecule has 0 amide bonds. The van der Waals surface area contributed by atoms with E-state index in [0.29, 0.717) is 0 Å². The second-order valence-electron chi connectivity index (χ2n) is 2.82. The molecule has 0 saturated heterocycles. The fourth-order valence-electron chi connectivity index (χ4n) is 0.839. The summed E-state index contributed by atoms with van der Waals surface area (Å²) >= 11 is 0. The number of hydrogen-bond acceptors (Lipinski definition) is 5. The van der Waals surface area contributed by atoms with Crippen molar-refractivity contribution in [3.8, 4) is 0 Å². The SMILES string of the molecule is CON(C)S(=O)(=O)c1ccccc1.O=S(=O)(O)Cl. The lowest BCUT2D eigenvalue weighted by Crippen LogP contribution is -2.25. The first-order valence-corrected chi connectivity index (χ1v) is 8.05. The van der Waals surface area contributed by atoms with Gasteiger partial charge in [0.05, 0.1) is 12.0 Å². The van der Waals surface area contributed by atoms with E-state index in [0.717, 1.165) is 4.47 Å². The fraction of sp³-hybridized carbons (Fsp3) is 0.250. The molecule has 0 aliphatic rings. The van der Waals surface area contributed by atoms with Gasteiger partial charge in [0.15, 0.2) is 0 Å². The highest BCUT2D eigenvalue weighted by Gasteiger charge is 2.19. The van der Waals surface area contributed by atoms with Gasteiger partial charge in [0.1, 0.15) is 0 Å². The molecule has 1 aromatic rings. The Labute approximate surface area is 110 Å². The van der Waals surface area contributed by atoms with Crippen LogP contribution < -0.4 is 0 Å². The summed E-state index contributed by atoms with van der Waals surface area (Å²) in [6, 6.07) is 8.12. The molecule has 0 aliphatic heterocycles. The van der Waals surface area contributed by atoms with Crippen molar-refractivity contribution >= 4 is 30.0 Å². The summed E-state index contributed by atoms with van der Waals surface area (Å²) in [5.41, 5.74) is 0. The molecular formula is C8H12ClNO6S2. The minimum Gasteiger partial charge on any atom is -0.288 e. The molecule has 0 atom stereocenters. The van der Waals surface area contributed by atoms with Crippen molar-refractivity contribution < 1.29 is 26.2 Å². The Bertz CT molecular complexity index is 549. The van der Waals surface area contributed by atoms with Crippen molar-refractivity contribution in [1.82, 2.24) is 4.47 Å². The topological polar surface area (TPSA) is 101 Å². The maximum Gasteiger partial charge on any atom is 0.353 e. The van der Waals surface area contributed by atoms with Gasteiger partial charge in [-0.1, -0.05) is 22.7 Å². The Morgan fingerprint density at radius 2 is 1.56 bits per heavy atom. The first-order valence-electron chi connectivity index (χ1n) is 4.34. The van der Waals surface area contributed by atoms with Gasteiger partial charge in [-0.15, -0.1) is 0 Å². The highest BCUT2D eigenvalue weighted by atomic mass is 35.7. The molecule has 104 valence electrons. The smallest absolute Gasteiger partial charge is 0.288 e. The number of rotatable bonds is 3. The highest BCUT2D eigenvalue weighted by Crippen LogP contribution is 2.12. The number of halogens is 1. The quantitative estimate of drug-likeness (QED) is 0.505. The third-order valence-corrected chi connectivity index (χ3v) is 3.33. The van der Waals surface area contributed by atoms with Gasteiger partial charge >= 0.3 is 9.33 Å². The molecule has 0 saturated carbocycles. The minimum absolute atomic E-state index is 0.222. The Kier molecular flexibility index (Phi) is 6.74. The first-order chi connectivity index (χ1) is 8.09. The van der Waals surface area contributed by atoms with Crippen LogP contribution in [0.1, 0.15) is 0 Å². The van der Waals surface area contributed by atoms with E-state index in [9.17, 15) is 8.42 Å². The van der Waals surface area contributed by atoms with Crippen LogP contribution in [-0.4, -0.2) is 40.0 Å². The second kappa shape index (κ2) is 7.02. The van der Waals surface area contributed by atoms with Crippen molar-refractivity contribution in [1.29, 1.82) is 0 Å². The molecule has 0 bridgehead atoms. The van der Waals surface area contributed by atoms with Gasteiger partial charge in [0.2, 0.25) is 0 Å². The Balaban J connectivity index is 0.000000494. The van der Waals surface area contributed by atoms with Crippen molar-refractivity contribution in [2.24, 2.45) is 0 Å². The van der Waals surface area contributed by atoms with E-state index < -0.39 is 19.4 Å². The molecule has 7 nitrogen and oxygen atoms in total. The Morgan fingerprint density at radius 3 is 1.89 bits per heavy atom. The van der Waals surface area contributed by atoms with Gasteiger partial charge in [-0.05, 0) is 12.1 Å². The Morgan fingerprint density at radius 1 is 1.17 bits per heavy atom. The van der Waals surface area contributed by atoms with Gasteiger partial charge in [0, 0.05) is 17.7 Å². The predicted octanol–water partition coefficient (Wildman–Crippen LogP) is 0.897. The summed E-state index contributed by atoms with van der Waals surface area (Å²) in [4.78, 5) is 4.84. The highest BCUT2D eigenvalue weighted by molar-refractivity contribution is 8.09. The summed E-state index contributed by atoms with van der Waals surface area (Å²) in [5.74, 6) is 0. The van der Waals surface area contributed by atoms with E-state index in [1.807, 2.05) is 0 Å². The monoisotopic (exact) mass is 317 g/mol. The maximum atomic E-state index is 11.6. The van der Waals surface area contributed by atoms with Crippen LogP contribution in [0, 0.1) is 0 Å². The van der Waals surface area contributed by atoms with Gasteiger partial charge < -0.3 is 0 Å². The molecule has 0 unspecified atom stereocenters. The van der Waals surface area contributed by atoms with Gasteiger partial charge in [-0.3, -0.25) is 9.39 Å². The first kappa shape index (κ1) is 17.3. The lowest BCUT2D eigenvalue weighted by molar-refractivity contribution is -0.0258. The fourth-order valence-corrected chi connectivity index (χ4v) is 1.83. The van der Waals surface area contributed by atoms with Crippen molar-refractivity contribution in [3.05, 3.63) is 30.3 Å². The maximum absolute atomic E-state index is 11.6. The van der Waals surface area contributed by atoms with Gasteiger partial charge in [-0.2, -0.15) is 8.42 Å². The van der Waals surface area contributed by atoms with Crippen LogP contribution in [-0.2, 0) is 24.2 Å². The van der Waals surface area contributed by atoms with E-state index in [4.69, 9.17) is 13.0 Å². The number of nitrogens with zero attached hydrogens (tertiary/aromatic N) is 1. The van der Waals surface area contributed by atoms with E-state index >= 15 is 0 Å². The predicted molar refractivity (Wildman–Crippen MR) is 65.8 cm³/mol. The molecule has 0 fully saturated rings. The molecule has 0 aromatic heterocycles. The van der Waals surface area contributed by atoms with Gasteiger partial charge in [-0.25, -0.2) is 8.42 Å². The minimum atomic E-state index is -4.19. The molecule has 0 heterocycles. The zero-order valence-corrected chi connectivity index (χ0v) is 11.9. The van der Waals surface area contributed by atoms with Crippen LogP contribution in [0.5, 0.6) is 0 Å². The average Bonchev–Trinajstić information content (AvgIpc) is 2.27. The molecule has 1 aromatic carbocycles. The van der Waals surface area contributed by atoms with E-state index in [1.54, 1.807) is 18.2 Å². The molecule has 0 spiro atoms. The molecule has 1 rings (SSSR count). The number of sulfonamides is 1. The van der Waals surface area contributed by atoms with Crippen LogP contribution in [0.15, 0.2) is 35.2 Å². The number of hydroxylamine groups is 1. The molecule has 10 heteroatoms. The molecule has 18 heavy (non-hydrogen) atoms. The van der Waals surface area contributed by atoms with Crippen molar-refractivity contribution in [3.63, 3.8) is 0 Å². The van der Waals surface area contributed by atoms with Gasteiger partial charge in [0.25, 0.3) is 10.0 Å². The molecule has 1 N–H and O–H groups in total. The van der Waals surface area contributed by atoms with Crippen LogP contribution in [0.3, 0.4) is 0 Å². The van der Waals surface area contributed by atoms with E-state index in [-0.39, 0.29) is 4.90 Å². The normalized spacial score (nSPS) is 11.8. The van der Waals surface area contributed by atoms with Crippen LogP contribution in [0.4, 0.5) is 0 Å². The van der Waals surface area contributed by atoms with Crippen LogP contribution in [0.25, 0.3) is 0 Å². The lowest BCUT2D eigenvalue weighted by Gasteiger charge is -2.13. The van der Waals surface area contributed by atoms with Crippen molar-refractivity contribution in [2.45, 2.75) is 4.90 Å². The standard InChI is InChI=1S/C8H11NO3S.ClHO3S/c1-9(12-2)13(10,11)8-6-4-3-5-7-8;1-5(2,3)4/h3-7H,1-2H3;(H,2,3,4). The third kappa shape index (κ3) is 6.89. The van der Waals surface area contributed by atoms with Crippen molar-refractivity contribution in [2.75, 3.05) is 14.2 Å². The molecule has 0 aliphatic carbocycles. The summed E-state index contributed by atoms with van der Waals surface area (Å²) < 4.78 is 49.1. The lowest BCUT2D eigenvalue weighted by atomic mass is 10.4. The summed E-state index contributed by atoms with van der Waals surface area (Å²) in [7, 11) is -0.959. The van der Waals surface area contributed by atoms with Crippen LogP contribution >= 0.6 is 10.7 Å². The summed E-state index contributed by atoms with van der Waals surface area (Å²) in [6.07, 6.45) is 0. The zero-order valence-electron chi connectivity index (χ0n) is 9.52. The third-order valence-electron chi connectivity index (χ3n) is 1.64. The summed E-state index contributed by atoms with van der Waals surface area (Å²) in [6.45, 7) is 0. The average molecular weight is 318 g/mol. The number of benzene rings is 1. The summed E-state index contributed by atoms with van der Waals surface area (Å²) in [5, 5.41) is 0. The Hall–Kier alpha value is -0.710. The van der Waals surface area contributed by atoms with E-state index in [1.165, 1.54) is 26.3 Å². The van der Waals surface area contributed by atoms with E-state index in [2.05, 4.69) is 15.5 Å². The molecular weight excluding hydrogens is 306 g/mol. The largest absolute Gasteiger partial charge is 0.353 e. The second-order valence-corrected chi connectivity index (χ2v) is 6.75. The van der Waals surface area contributed by atoms with Crippen LogP contribution in [0.2, 0.25) is 0 Å². The molecule has 0 radical (unpaired) electrons. The number of hydrogen-bond donors (Lipinski definition) is 1.